The number of hydrogen-bond acceptors (Lipinski definition) is 2. The predicted octanol–water partition coefficient (Wildman–Crippen LogP) is 6.86. The quantitative estimate of drug-likeness (QED) is 0.406. The first-order valence-corrected chi connectivity index (χ1v) is 14.3. The number of nitrogens with zero attached hydrogens (tertiary/aromatic N) is 2. The Morgan fingerprint density at radius 3 is 1.59 bits per heavy atom. The van der Waals surface area contributed by atoms with Gasteiger partial charge in [0.05, 0.1) is 0 Å². The highest BCUT2D eigenvalue weighted by Crippen LogP contribution is 2.35. The Bertz CT molecular complexity index is 540. The first-order chi connectivity index (χ1) is 15.3. The van der Waals surface area contributed by atoms with Crippen molar-refractivity contribution in [2.75, 3.05) is 26.2 Å². The molecule has 3 heteroatoms. The summed E-state index contributed by atoms with van der Waals surface area (Å²) in [5, 5.41) is 0. The molecule has 1 aliphatic carbocycles. The van der Waals surface area contributed by atoms with E-state index in [9.17, 15) is 4.79 Å². The van der Waals surface area contributed by atoms with Gasteiger partial charge < -0.3 is 4.90 Å². The van der Waals surface area contributed by atoms with Crippen molar-refractivity contribution in [2.24, 2.45) is 41.4 Å². The van der Waals surface area contributed by atoms with Crippen molar-refractivity contribution in [2.45, 2.75) is 112 Å². The summed E-state index contributed by atoms with van der Waals surface area (Å²) in [6.45, 7) is 18.9. The molecule has 0 aromatic rings. The van der Waals surface area contributed by atoms with E-state index >= 15 is 0 Å². The molecule has 1 saturated carbocycles. The molecule has 0 spiro atoms. The summed E-state index contributed by atoms with van der Waals surface area (Å²) >= 11 is 0. The Morgan fingerprint density at radius 2 is 1.16 bits per heavy atom. The molecule has 3 fully saturated rings. The lowest BCUT2D eigenvalue weighted by Crippen LogP contribution is -2.46. The highest BCUT2D eigenvalue weighted by atomic mass is 16.2. The van der Waals surface area contributed by atoms with E-state index in [0.29, 0.717) is 11.8 Å². The van der Waals surface area contributed by atoms with Crippen molar-refractivity contribution in [1.82, 2.24) is 9.80 Å². The van der Waals surface area contributed by atoms with E-state index in [1.54, 1.807) is 0 Å². The Balaban J connectivity index is 1.33. The van der Waals surface area contributed by atoms with Crippen LogP contribution >= 0.6 is 0 Å². The summed E-state index contributed by atoms with van der Waals surface area (Å²) in [5.74, 6) is 5.73. The molecule has 0 N–H and O–H groups in total. The van der Waals surface area contributed by atoms with Gasteiger partial charge in [0.15, 0.2) is 0 Å². The number of likely N-dealkylation sites (tertiary alicyclic amines) is 2. The summed E-state index contributed by atoms with van der Waals surface area (Å²) < 4.78 is 0. The third kappa shape index (κ3) is 6.97. The second kappa shape index (κ2) is 12.2. The Labute approximate surface area is 200 Å². The topological polar surface area (TPSA) is 23.6 Å². The van der Waals surface area contributed by atoms with Gasteiger partial charge in [0.2, 0.25) is 5.91 Å². The first-order valence-electron chi connectivity index (χ1n) is 14.3. The molecule has 3 aliphatic rings. The van der Waals surface area contributed by atoms with Crippen molar-refractivity contribution in [1.29, 1.82) is 0 Å². The van der Waals surface area contributed by atoms with Gasteiger partial charge in [-0.15, -0.1) is 0 Å². The number of amides is 1. The van der Waals surface area contributed by atoms with Gasteiger partial charge >= 0.3 is 0 Å². The minimum atomic E-state index is 0.326. The molecular formula is C29H54N2O. The van der Waals surface area contributed by atoms with Gasteiger partial charge in [-0.25, -0.2) is 0 Å². The summed E-state index contributed by atoms with van der Waals surface area (Å²) in [6, 6.07) is 0.748. The van der Waals surface area contributed by atoms with Gasteiger partial charge in [-0.1, -0.05) is 54.4 Å². The fourth-order valence-electron chi connectivity index (χ4n) is 7.36. The average molecular weight is 447 g/mol. The van der Waals surface area contributed by atoms with E-state index in [0.717, 1.165) is 67.5 Å². The Hall–Kier alpha value is -0.570. The molecular weight excluding hydrogens is 392 g/mol. The molecule has 0 aromatic heterocycles. The van der Waals surface area contributed by atoms with Crippen LogP contribution in [0.5, 0.6) is 0 Å². The lowest BCUT2D eigenvalue weighted by atomic mass is 9.76. The van der Waals surface area contributed by atoms with Crippen molar-refractivity contribution in [3.63, 3.8) is 0 Å². The smallest absolute Gasteiger partial charge is 0.225 e. The van der Waals surface area contributed by atoms with Crippen LogP contribution in [0.15, 0.2) is 0 Å². The largest absolute Gasteiger partial charge is 0.342 e. The van der Waals surface area contributed by atoms with E-state index in [-0.39, 0.29) is 0 Å². The maximum absolute atomic E-state index is 13.0. The Kier molecular flexibility index (Phi) is 9.95. The molecule has 3 rings (SSSR count). The van der Waals surface area contributed by atoms with Gasteiger partial charge in [-0.05, 0) is 100.0 Å². The first kappa shape index (κ1) is 26.0. The number of piperidine rings is 2. The average Bonchev–Trinajstić information content (AvgIpc) is 2.78. The second-order valence-electron chi connectivity index (χ2n) is 12.7. The van der Waals surface area contributed by atoms with Gasteiger partial charge in [-0.2, -0.15) is 0 Å². The SMILES string of the molecule is CC(C)C1CCC(C(=O)N2CCC(CCC3CCN(C(C(C)C)C(C)C)CC3)CC2)CC1. The molecule has 0 atom stereocenters. The van der Waals surface area contributed by atoms with Crippen LogP contribution in [0.3, 0.4) is 0 Å². The van der Waals surface area contributed by atoms with Crippen LogP contribution in [0.2, 0.25) is 0 Å². The molecule has 0 unspecified atom stereocenters. The van der Waals surface area contributed by atoms with Crippen LogP contribution < -0.4 is 0 Å². The lowest BCUT2D eigenvalue weighted by molar-refractivity contribution is -0.138. The van der Waals surface area contributed by atoms with E-state index in [4.69, 9.17) is 0 Å². The molecule has 0 radical (unpaired) electrons. The normalized spacial score (nSPS) is 27.2. The van der Waals surface area contributed by atoms with Gasteiger partial charge in [0.1, 0.15) is 0 Å². The van der Waals surface area contributed by atoms with Crippen molar-refractivity contribution in [3.8, 4) is 0 Å². The highest BCUT2D eigenvalue weighted by Gasteiger charge is 2.33. The van der Waals surface area contributed by atoms with Crippen LogP contribution in [0.25, 0.3) is 0 Å². The molecule has 186 valence electrons. The van der Waals surface area contributed by atoms with Crippen LogP contribution in [0.1, 0.15) is 106 Å². The maximum atomic E-state index is 13.0. The van der Waals surface area contributed by atoms with E-state index < -0.39 is 0 Å². The van der Waals surface area contributed by atoms with Gasteiger partial charge in [0, 0.05) is 25.0 Å². The summed E-state index contributed by atoms with van der Waals surface area (Å²) in [7, 11) is 0. The molecule has 3 nitrogen and oxygen atoms in total. The number of carbonyl (C=O) groups is 1. The molecule has 32 heavy (non-hydrogen) atoms. The van der Waals surface area contributed by atoms with Crippen LogP contribution in [-0.4, -0.2) is 47.9 Å². The molecule has 2 aliphatic heterocycles. The van der Waals surface area contributed by atoms with Crippen molar-refractivity contribution >= 4 is 5.91 Å². The molecule has 0 aromatic carbocycles. The minimum absolute atomic E-state index is 0.326. The highest BCUT2D eigenvalue weighted by molar-refractivity contribution is 5.79. The van der Waals surface area contributed by atoms with Crippen LogP contribution in [-0.2, 0) is 4.79 Å². The van der Waals surface area contributed by atoms with Gasteiger partial charge in [0.25, 0.3) is 0 Å². The van der Waals surface area contributed by atoms with Gasteiger partial charge in [-0.3, -0.25) is 9.69 Å². The zero-order chi connectivity index (χ0) is 23.3. The monoisotopic (exact) mass is 446 g/mol. The number of hydrogen-bond donors (Lipinski definition) is 0. The van der Waals surface area contributed by atoms with E-state index in [1.165, 1.54) is 64.5 Å². The summed E-state index contributed by atoms with van der Waals surface area (Å²) in [4.78, 5) is 18.1. The third-order valence-corrected chi connectivity index (χ3v) is 9.41. The number of rotatable bonds is 8. The van der Waals surface area contributed by atoms with Crippen LogP contribution in [0.4, 0.5) is 0 Å². The van der Waals surface area contributed by atoms with E-state index in [1.807, 2.05) is 0 Å². The fraction of sp³-hybridized carbons (Fsp3) is 0.966. The van der Waals surface area contributed by atoms with E-state index in [2.05, 4.69) is 51.3 Å². The minimum Gasteiger partial charge on any atom is -0.342 e. The zero-order valence-corrected chi connectivity index (χ0v) is 22.3. The Morgan fingerprint density at radius 1 is 0.688 bits per heavy atom. The summed E-state index contributed by atoms with van der Waals surface area (Å²) in [6.07, 6.45) is 12.9. The third-order valence-electron chi connectivity index (χ3n) is 9.41. The second-order valence-corrected chi connectivity index (χ2v) is 12.7. The molecule has 1 amide bonds. The molecule has 2 saturated heterocycles. The summed E-state index contributed by atoms with van der Waals surface area (Å²) in [5.41, 5.74) is 0. The number of carbonyl (C=O) groups excluding carboxylic acids is 1. The predicted molar refractivity (Wildman–Crippen MR) is 137 cm³/mol. The maximum Gasteiger partial charge on any atom is 0.225 e. The van der Waals surface area contributed by atoms with Crippen molar-refractivity contribution < 1.29 is 4.79 Å². The molecule has 0 bridgehead atoms. The van der Waals surface area contributed by atoms with Crippen molar-refractivity contribution in [3.05, 3.63) is 0 Å². The fourth-order valence-corrected chi connectivity index (χ4v) is 7.36. The van der Waals surface area contributed by atoms with Crippen LogP contribution in [0, 0.1) is 41.4 Å². The lowest BCUT2D eigenvalue weighted by Gasteiger charge is -2.42. The molecule has 2 heterocycles. The standard InChI is InChI=1S/C29H54N2O/c1-21(2)26-9-11-27(12-10-26)29(32)31-19-15-25(16-20-31)8-7-24-13-17-30(18-14-24)28(22(3)4)23(5)6/h21-28H,7-20H2,1-6H3. The zero-order valence-electron chi connectivity index (χ0n) is 22.3.